The maximum absolute atomic E-state index is 11.9. The molecule has 0 amide bonds. The summed E-state index contributed by atoms with van der Waals surface area (Å²) in [6.45, 7) is 5.24. The number of morpholine rings is 1. The van der Waals surface area contributed by atoms with Crippen LogP contribution in [0.3, 0.4) is 0 Å². The van der Waals surface area contributed by atoms with Crippen molar-refractivity contribution in [3.63, 3.8) is 0 Å². The molecule has 0 saturated carbocycles. The predicted octanol–water partition coefficient (Wildman–Crippen LogP) is 2.72. The van der Waals surface area contributed by atoms with Crippen LogP contribution in [0.1, 0.15) is 30.1 Å². The quantitative estimate of drug-likeness (QED) is 0.514. The molecule has 0 aliphatic carbocycles. The van der Waals surface area contributed by atoms with Crippen molar-refractivity contribution in [2.45, 2.75) is 19.8 Å². The molecule has 2 rings (SSSR count). The number of halogens is 1. The second-order valence-electron chi connectivity index (χ2n) is 4.98. The van der Waals surface area contributed by atoms with Crippen LogP contribution in [0.5, 0.6) is 0 Å². The van der Waals surface area contributed by atoms with Gasteiger partial charge in [0.1, 0.15) is 0 Å². The minimum absolute atomic E-state index is 0.384. The highest BCUT2D eigenvalue weighted by Crippen LogP contribution is 2.34. The monoisotopic (exact) mass is 312 g/mol. The van der Waals surface area contributed by atoms with Crippen molar-refractivity contribution in [2.24, 2.45) is 0 Å². The van der Waals surface area contributed by atoms with Gasteiger partial charge in [-0.2, -0.15) is 0 Å². The molecule has 1 heterocycles. The molecule has 0 bridgehead atoms. The fourth-order valence-electron chi connectivity index (χ4n) is 2.25. The van der Waals surface area contributed by atoms with Crippen molar-refractivity contribution in [3.05, 3.63) is 22.7 Å². The molecule has 0 unspecified atom stereocenters. The molecule has 1 aliphatic rings. The summed E-state index contributed by atoms with van der Waals surface area (Å²) in [4.78, 5) is 14.0. The minimum atomic E-state index is -0.384. The van der Waals surface area contributed by atoms with Gasteiger partial charge in [-0.15, -0.1) is 0 Å². The number of nitrogens with zero attached hydrogens (tertiary/aromatic N) is 1. The zero-order valence-corrected chi connectivity index (χ0v) is 13.0. The van der Waals surface area contributed by atoms with Crippen molar-refractivity contribution in [2.75, 3.05) is 43.5 Å². The zero-order valence-electron chi connectivity index (χ0n) is 12.2. The normalized spacial score (nSPS) is 15.0. The lowest BCUT2D eigenvalue weighted by molar-refractivity contribution is 0.0500. The Morgan fingerprint density at radius 1 is 1.43 bits per heavy atom. The average Bonchev–Trinajstić information content (AvgIpc) is 2.47. The molecule has 1 aliphatic heterocycles. The summed E-state index contributed by atoms with van der Waals surface area (Å²) in [5.74, 6) is -0.384. The first-order valence-electron chi connectivity index (χ1n) is 7.22. The Morgan fingerprint density at radius 2 is 2.14 bits per heavy atom. The van der Waals surface area contributed by atoms with Crippen LogP contribution in [0.25, 0.3) is 0 Å². The van der Waals surface area contributed by atoms with E-state index in [0.29, 0.717) is 36.1 Å². The van der Waals surface area contributed by atoms with Crippen LogP contribution < -0.4 is 10.6 Å². The molecular formula is C15H21ClN2O3. The SMILES string of the molecule is CCCCOC(=O)c1cc(N)c(N2CCOCC2)c(Cl)c1. The van der Waals surface area contributed by atoms with E-state index in [0.717, 1.165) is 31.6 Å². The van der Waals surface area contributed by atoms with Gasteiger partial charge in [-0.3, -0.25) is 0 Å². The second-order valence-corrected chi connectivity index (χ2v) is 5.39. The molecule has 0 spiro atoms. The van der Waals surface area contributed by atoms with E-state index < -0.39 is 0 Å². The van der Waals surface area contributed by atoms with Crippen LogP contribution in [0.2, 0.25) is 5.02 Å². The molecule has 1 saturated heterocycles. The largest absolute Gasteiger partial charge is 0.462 e. The number of esters is 1. The van der Waals surface area contributed by atoms with Gasteiger partial charge in [0.15, 0.2) is 0 Å². The van der Waals surface area contributed by atoms with Gasteiger partial charge in [-0.25, -0.2) is 4.79 Å². The van der Waals surface area contributed by atoms with Crippen molar-refractivity contribution in [1.82, 2.24) is 0 Å². The predicted molar refractivity (Wildman–Crippen MR) is 84.1 cm³/mol. The molecular weight excluding hydrogens is 292 g/mol. The van der Waals surface area contributed by atoms with Crippen molar-refractivity contribution >= 4 is 28.9 Å². The zero-order chi connectivity index (χ0) is 15.2. The summed E-state index contributed by atoms with van der Waals surface area (Å²) in [6, 6.07) is 3.25. The van der Waals surface area contributed by atoms with E-state index in [2.05, 4.69) is 4.90 Å². The van der Waals surface area contributed by atoms with Gasteiger partial charge >= 0.3 is 5.97 Å². The fourth-order valence-corrected chi connectivity index (χ4v) is 2.60. The molecule has 6 heteroatoms. The number of ether oxygens (including phenoxy) is 2. The Hall–Kier alpha value is -1.46. The topological polar surface area (TPSA) is 64.8 Å². The van der Waals surface area contributed by atoms with Gasteiger partial charge in [0.05, 0.1) is 41.8 Å². The molecule has 0 atom stereocenters. The third-order valence-corrected chi connectivity index (χ3v) is 3.68. The molecule has 5 nitrogen and oxygen atoms in total. The summed E-state index contributed by atoms with van der Waals surface area (Å²) < 4.78 is 10.5. The second kappa shape index (κ2) is 7.52. The third kappa shape index (κ3) is 4.02. The van der Waals surface area contributed by atoms with E-state index in [1.165, 1.54) is 0 Å². The number of unbranched alkanes of at least 4 members (excludes halogenated alkanes) is 1. The molecule has 0 aromatic heterocycles. The van der Waals surface area contributed by atoms with Gasteiger partial charge in [0, 0.05) is 13.1 Å². The first-order chi connectivity index (χ1) is 10.1. The molecule has 1 aromatic carbocycles. The molecule has 2 N–H and O–H groups in total. The van der Waals surface area contributed by atoms with Crippen LogP contribution in [-0.2, 0) is 9.47 Å². The lowest BCUT2D eigenvalue weighted by Gasteiger charge is -2.30. The summed E-state index contributed by atoms with van der Waals surface area (Å²) in [5.41, 5.74) is 7.73. The maximum atomic E-state index is 11.9. The third-order valence-electron chi connectivity index (χ3n) is 3.39. The molecule has 1 aromatic rings. The standard InChI is InChI=1S/C15H21ClN2O3/c1-2-3-6-21-15(19)11-9-12(16)14(13(17)10-11)18-4-7-20-8-5-18/h9-10H,2-8,17H2,1H3. The first kappa shape index (κ1) is 15.9. The highest BCUT2D eigenvalue weighted by atomic mass is 35.5. The molecule has 0 radical (unpaired) electrons. The van der Waals surface area contributed by atoms with Gasteiger partial charge in [-0.1, -0.05) is 24.9 Å². The lowest BCUT2D eigenvalue weighted by Crippen LogP contribution is -2.36. The van der Waals surface area contributed by atoms with E-state index in [4.69, 9.17) is 26.8 Å². The Labute approximate surface area is 130 Å². The number of nitrogen functional groups attached to an aromatic ring is 1. The van der Waals surface area contributed by atoms with Gasteiger partial charge in [0.2, 0.25) is 0 Å². The maximum Gasteiger partial charge on any atom is 0.338 e. The van der Waals surface area contributed by atoms with Gasteiger partial charge < -0.3 is 20.1 Å². The minimum Gasteiger partial charge on any atom is -0.462 e. The summed E-state index contributed by atoms with van der Waals surface area (Å²) in [6.07, 6.45) is 1.83. The van der Waals surface area contributed by atoms with Gasteiger partial charge in [-0.05, 0) is 18.6 Å². The van der Waals surface area contributed by atoms with Crippen molar-refractivity contribution in [3.8, 4) is 0 Å². The summed E-state index contributed by atoms with van der Waals surface area (Å²) in [7, 11) is 0. The van der Waals surface area contributed by atoms with E-state index in [1.807, 2.05) is 6.92 Å². The van der Waals surface area contributed by atoms with E-state index in [1.54, 1.807) is 12.1 Å². The Balaban J connectivity index is 2.14. The van der Waals surface area contributed by atoms with Crippen LogP contribution >= 0.6 is 11.6 Å². The number of carbonyl (C=O) groups excluding carboxylic acids is 1. The highest BCUT2D eigenvalue weighted by molar-refractivity contribution is 6.34. The van der Waals surface area contributed by atoms with Crippen molar-refractivity contribution in [1.29, 1.82) is 0 Å². The molecule has 21 heavy (non-hydrogen) atoms. The fraction of sp³-hybridized carbons (Fsp3) is 0.533. The van der Waals surface area contributed by atoms with Crippen LogP contribution in [0.4, 0.5) is 11.4 Å². The number of rotatable bonds is 5. The summed E-state index contributed by atoms with van der Waals surface area (Å²) in [5, 5.41) is 0.472. The number of anilines is 2. The average molecular weight is 313 g/mol. The highest BCUT2D eigenvalue weighted by Gasteiger charge is 2.19. The molecule has 1 fully saturated rings. The number of hydrogen-bond acceptors (Lipinski definition) is 5. The number of carbonyl (C=O) groups is 1. The Morgan fingerprint density at radius 3 is 2.76 bits per heavy atom. The lowest BCUT2D eigenvalue weighted by atomic mass is 10.1. The summed E-state index contributed by atoms with van der Waals surface area (Å²) >= 11 is 6.30. The van der Waals surface area contributed by atoms with Crippen LogP contribution in [0, 0.1) is 0 Å². The number of benzene rings is 1. The smallest absolute Gasteiger partial charge is 0.338 e. The molecule has 116 valence electrons. The van der Waals surface area contributed by atoms with Crippen LogP contribution in [0.15, 0.2) is 12.1 Å². The van der Waals surface area contributed by atoms with Gasteiger partial charge in [0.25, 0.3) is 0 Å². The van der Waals surface area contributed by atoms with E-state index >= 15 is 0 Å². The Kier molecular flexibility index (Phi) is 5.70. The number of nitrogens with two attached hydrogens (primary N) is 1. The van der Waals surface area contributed by atoms with E-state index in [-0.39, 0.29) is 5.97 Å². The number of hydrogen-bond donors (Lipinski definition) is 1. The van der Waals surface area contributed by atoms with Crippen molar-refractivity contribution < 1.29 is 14.3 Å². The van der Waals surface area contributed by atoms with E-state index in [9.17, 15) is 4.79 Å². The first-order valence-corrected chi connectivity index (χ1v) is 7.60. The Bertz CT molecular complexity index is 479. The van der Waals surface area contributed by atoms with Crippen LogP contribution in [-0.4, -0.2) is 38.9 Å².